The van der Waals surface area contributed by atoms with Crippen molar-refractivity contribution in [2.45, 2.75) is 12.8 Å². The number of nitrogens with one attached hydrogen (secondary N) is 1. The van der Waals surface area contributed by atoms with E-state index in [1.807, 2.05) is 6.07 Å². The molecule has 1 aliphatic rings. The molecule has 0 bridgehead atoms. The van der Waals surface area contributed by atoms with Crippen molar-refractivity contribution in [2.24, 2.45) is 5.41 Å². The van der Waals surface area contributed by atoms with Crippen molar-refractivity contribution in [1.82, 2.24) is 0 Å². The van der Waals surface area contributed by atoms with Crippen molar-refractivity contribution in [3.05, 3.63) is 15.9 Å². The summed E-state index contributed by atoms with van der Waals surface area (Å²) < 4.78 is 5.57. The van der Waals surface area contributed by atoms with Gasteiger partial charge in [0.25, 0.3) is 0 Å². The molecular weight excluding hydrogens is 294 g/mol. The van der Waals surface area contributed by atoms with Gasteiger partial charge in [0.1, 0.15) is 5.41 Å². The van der Waals surface area contributed by atoms with Gasteiger partial charge < -0.3 is 10.1 Å². The summed E-state index contributed by atoms with van der Waals surface area (Å²) in [7, 11) is 1.30. The lowest BCUT2D eigenvalue weighted by molar-refractivity contribution is -0.150. The third kappa shape index (κ3) is 1.99. The number of methoxy groups -OCH3 is 1. The summed E-state index contributed by atoms with van der Waals surface area (Å²) in [6, 6.07) is 3.64. The number of ether oxygens (including phenoxy) is 1. The minimum atomic E-state index is -0.939. The Morgan fingerprint density at radius 1 is 1.50 bits per heavy atom. The van der Waals surface area contributed by atoms with Crippen molar-refractivity contribution in [2.75, 3.05) is 12.4 Å². The zero-order valence-corrected chi connectivity index (χ0v) is 11.0. The summed E-state index contributed by atoms with van der Waals surface area (Å²) in [5, 5.41) is 3.46. The number of anilines is 1. The van der Waals surface area contributed by atoms with E-state index in [4.69, 9.17) is 0 Å². The molecule has 6 heteroatoms. The Bertz CT molecular complexity index is 439. The molecule has 86 valence electrons. The standard InChI is InChI=1S/C10H10BrNO3S/c1-15-9(14)10(4-5-10)8(13)12-7-3-2-6(11)16-7/h2-3H,4-5H2,1H3,(H,12,13). The molecule has 0 atom stereocenters. The van der Waals surface area contributed by atoms with Gasteiger partial charge in [-0.2, -0.15) is 0 Å². The number of halogens is 1. The lowest BCUT2D eigenvalue weighted by atomic mass is 10.1. The summed E-state index contributed by atoms with van der Waals surface area (Å²) in [4.78, 5) is 23.3. The second-order valence-corrected chi connectivity index (χ2v) is 6.09. The van der Waals surface area contributed by atoms with E-state index in [1.165, 1.54) is 18.4 Å². The number of carbonyl (C=O) groups is 2. The summed E-state index contributed by atoms with van der Waals surface area (Å²) in [5.74, 6) is -0.714. The average Bonchev–Trinajstić information content (AvgIpc) is 2.98. The molecule has 2 rings (SSSR count). The van der Waals surface area contributed by atoms with E-state index < -0.39 is 11.4 Å². The van der Waals surface area contributed by atoms with Crippen LogP contribution in [0.2, 0.25) is 0 Å². The van der Waals surface area contributed by atoms with E-state index in [0.717, 1.165) is 8.79 Å². The smallest absolute Gasteiger partial charge is 0.321 e. The molecule has 4 nitrogen and oxygen atoms in total. The predicted molar refractivity (Wildman–Crippen MR) is 64.3 cm³/mol. The largest absolute Gasteiger partial charge is 0.468 e. The van der Waals surface area contributed by atoms with Crippen LogP contribution in [0.4, 0.5) is 5.00 Å². The van der Waals surface area contributed by atoms with Gasteiger partial charge in [0.15, 0.2) is 0 Å². The van der Waals surface area contributed by atoms with Crippen molar-refractivity contribution in [3.8, 4) is 0 Å². The molecule has 0 aromatic carbocycles. The lowest BCUT2D eigenvalue weighted by Gasteiger charge is -2.11. The minimum absolute atomic E-state index is 0.270. The van der Waals surface area contributed by atoms with Crippen LogP contribution in [-0.2, 0) is 14.3 Å². The van der Waals surface area contributed by atoms with E-state index in [2.05, 4.69) is 26.0 Å². The van der Waals surface area contributed by atoms with Crippen LogP contribution >= 0.6 is 27.3 Å². The number of amides is 1. The van der Waals surface area contributed by atoms with Crippen LogP contribution in [0.25, 0.3) is 0 Å². The first kappa shape index (κ1) is 11.6. The Kier molecular flexibility index (Phi) is 3.03. The number of hydrogen-bond donors (Lipinski definition) is 1. The molecule has 0 spiro atoms. The maximum absolute atomic E-state index is 11.9. The van der Waals surface area contributed by atoms with Crippen LogP contribution in [0, 0.1) is 5.41 Å². The first-order valence-electron chi connectivity index (χ1n) is 4.74. The summed E-state index contributed by atoms with van der Waals surface area (Å²) >= 11 is 4.72. The molecule has 1 aromatic heterocycles. The Labute approximate surface area is 105 Å². The molecule has 1 aromatic rings. The van der Waals surface area contributed by atoms with E-state index in [9.17, 15) is 9.59 Å². The lowest BCUT2D eigenvalue weighted by Crippen LogP contribution is -2.32. The normalized spacial score (nSPS) is 16.6. The number of hydrogen-bond acceptors (Lipinski definition) is 4. The minimum Gasteiger partial charge on any atom is -0.468 e. The zero-order valence-electron chi connectivity index (χ0n) is 8.58. The first-order chi connectivity index (χ1) is 7.58. The third-order valence-corrected chi connectivity index (χ3v) is 4.11. The van der Waals surface area contributed by atoms with E-state index in [0.29, 0.717) is 12.8 Å². The molecule has 0 unspecified atom stereocenters. The highest BCUT2D eigenvalue weighted by molar-refractivity contribution is 9.11. The number of esters is 1. The van der Waals surface area contributed by atoms with Crippen LogP contribution in [-0.4, -0.2) is 19.0 Å². The highest BCUT2D eigenvalue weighted by atomic mass is 79.9. The summed E-state index contributed by atoms with van der Waals surface area (Å²) in [5.41, 5.74) is -0.939. The van der Waals surface area contributed by atoms with E-state index in [1.54, 1.807) is 6.07 Å². The van der Waals surface area contributed by atoms with E-state index >= 15 is 0 Å². The summed E-state index contributed by atoms with van der Waals surface area (Å²) in [6.45, 7) is 0. The van der Waals surface area contributed by atoms with Crippen molar-refractivity contribution in [1.29, 1.82) is 0 Å². The third-order valence-electron chi connectivity index (χ3n) is 2.57. The van der Waals surface area contributed by atoms with Crippen molar-refractivity contribution < 1.29 is 14.3 Å². The molecule has 1 amide bonds. The maximum atomic E-state index is 11.9. The predicted octanol–water partition coefficient (Wildman–Crippen LogP) is 2.40. The molecule has 16 heavy (non-hydrogen) atoms. The Morgan fingerprint density at radius 2 is 2.19 bits per heavy atom. The highest BCUT2D eigenvalue weighted by Gasteiger charge is 2.57. The molecule has 0 aliphatic heterocycles. The van der Waals surface area contributed by atoms with Crippen LogP contribution in [0.1, 0.15) is 12.8 Å². The van der Waals surface area contributed by atoms with Crippen LogP contribution in [0.5, 0.6) is 0 Å². The summed E-state index contributed by atoms with van der Waals surface area (Å²) in [6.07, 6.45) is 1.14. The second kappa shape index (κ2) is 4.18. The SMILES string of the molecule is COC(=O)C1(C(=O)Nc2ccc(Br)s2)CC1. The van der Waals surface area contributed by atoms with Crippen LogP contribution < -0.4 is 5.32 Å². The van der Waals surface area contributed by atoms with Crippen molar-refractivity contribution >= 4 is 44.1 Å². The van der Waals surface area contributed by atoms with Gasteiger partial charge in [0.05, 0.1) is 15.9 Å². The Morgan fingerprint density at radius 3 is 2.62 bits per heavy atom. The van der Waals surface area contributed by atoms with Gasteiger partial charge >= 0.3 is 5.97 Å². The van der Waals surface area contributed by atoms with Gasteiger partial charge in [-0.15, -0.1) is 11.3 Å². The average molecular weight is 304 g/mol. The van der Waals surface area contributed by atoms with Gasteiger partial charge in [-0.3, -0.25) is 9.59 Å². The fourth-order valence-electron chi connectivity index (χ4n) is 1.46. The first-order valence-corrected chi connectivity index (χ1v) is 6.35. The van der Waals surface area contributed by atoms with Gasteiger partial charge in [0.2, 0.25) is 5.91 Å². The van der Waals surface area contributed by atoms with Gasteiger partial charge in [0, 0.05) is 0 Å². The molecule has 1 fully saturated rings. The van der Waals surface area contributed by atoms with Gasteiger partial charge in [-0.1, -0.05) is 0 Å². The number of carbonyl (C=O) groups excluding carboxylic acids is 2. The molecule has 1 heterocycles. The number of thiophene rings is 1. The Balaban J connectivity index is 2.06. The molecule has 1 saturated carbocycles. The molecule has 1 aliphatic carbocycles. The molecule has 0 radical (unpaired) electrons. The van der Waals surface area contributed by atoms with Crippen molar-refractivity contribution in [3.63, 3.8) is 0 Å². The van der Waals surface area contributed by atoms with Crippen LogP contribution in [0.15, 0.2) is 15.9 Å². The fraction of sp³-hybridized carbons (Fsp3) is 0.400. The molecule has 1 N–H and O–H groups in total. The second-order valence-electron chi connectivity index (χ2n) is 3.63. The topological polar surface area (TPSA) is 55.4 Å². The highest BCUT2D eigenvalue weighted by Crippen LogP contribution is 2.47. The number of rotatable bonds is 3. The van der Waals surface area contributed by atoms with Gasteiger partial charge in [-0.05, 0) is 40.9 Å². The maximum Gasteiger partial charge on any atom is 0.321 e. The van der Waals surface area contributed by atoms with Gasteiger partial charge in [-0.25, -0.2) is 0 Å². The van der Waals surface area contributed by atoms with E-state index in [-0.39, 0.29) is 5.91 Å². The van der Waals surface area contributed by atoms with Crippen LogP contribution in [0.3, 0.4) is 0 Å². The monoisotopic (exact) mass is 303 g/mol. The fourth-order valence-corrected chi connectivity index (χ4v) is 2.74. The Hall–Kier alpha value is -0.880. The molecular formula is C10H10BrNO3S. The zero-order chi connectivity index (χ0) is 11.8. The molecule has 0 saturated heterocycles. The quantitative estimate of drug-likeness (QED) is 0.689.